The molecule has 0 saturated carbocycles. The van der Waals surface area contributed by atoms with Crippen molar-refractivity contribution in [2.45, 2.75) is 40.3 Å². The Morgan fingerprint density at radius 1 is 1.53 bits per heavy atom. The minimum atomic E-state index is 0.0476. The van der Waals surface area contributed by atoms with E-state index >= 15 is 0 Å². The van der Waals surface area contributed by atoms with E-state index in [0.717, 1.165) is 23.8 Å². The summed E-state index contributed by atoms with van der Waals surface area (Å²) in [5.74, 6) is 0. The van der Waals surface area contributed by atoms with Crippen LogP contribution in [0.25, 0.3) is 0 Å². The van der Waals surface area contributed by atoms with Crippen LogP contribution in [0.1, 0.15) is 44.4 Å². The fraction of sp³-hybridized carbons (Fsp3) is 0.727. The average molecular weight is 227 g/mol. The second-order valence-corrected chi connectivity index (χ2v) is 6.02. The molecule has 0 spiro atoms. The van der Waals surface area contributed by atoms with Crippen LogP contribution in [-0.2, 0) is 6.54 Å². The molecule has 1 heterocycles. The van der Waals surface area contributed by atoms with Gasteiger partial charge < -0.3 is 11.1 Å². The standard InChI is InChI=1S/C11H21N3S/c1-8(12)10-14-9(6-15-10)5-13-7-11(2,3)4/h6,8,13H,5,7,12H2,1-4H3. The van der Waals surface area contributed by atoms with Gasteiger partial charge in [0.15, 0.2) is 0 Å². The van der Waals surface area contributed by atoms with Gasteiger partial charge in [-0.05, 0) is 12.3 Å². The smallest absolute Gasteiger partial charge is 0.109 e. The van der Waals surface area contributed by atoms with Crippen molar-refractivity contribution in [3.8, 4) is 0 Å². The van der Waals surface area contributed by atoms with E-state index in [9.17, 15) is 0 Å². The topological polar surface area (TPSA) is 50.9 Å². The van der Waals surface area contributed by atoms with Crippen molar-refractivity contribution in [1.82, 2.24) is 10.3 Å². The van der Waals surface area contributed by atoms with Crippen LogP contribution < -0.4 is 11.1 Å². The first kappa shape index (κ1) is 12.6. The van der Waals surface area contributed by atoms with Gasteiger partial charge >= 0.3 is 0 Å². The van der Waals surface area contributed by atoms with E-state index in [0.29, 0.717) is 5.41 Å². The fourth-order valence-electron chi connectivity index (χ4n) is 1.18. The average Bonchev–Trinajstić information content (AvgIpc) is 2.50. The van der Waals surface area contributed by atoms with Crippen LogP contribution in [0.15, 0.2) is 5.38 Å². The summed E-state index contributed by atoms with van der Waals surface area (Å²) in [7, 11) is 0. The molecule has 0 saturated heterocycles. The molecule has 0 bridgehead atoms. The minimum absolute atomic E-state index is 0.0476. The third kappa shape index (κ3) is 4.73. The maximum Gasteiger partial charge on any atom is 0.109 e. The van der Waals surface area contributed by atoms with Gasteiger partial charge in [-0.15, -0.1) is 11.3 Å². The summed E-state index contributed by atoms with van der Waals surface area (Å²) in [5, 5.41) is 6.49. The molecule has 3 N–H and O–H groups in total. The van der Waals surface area contributed by atoms with Gasteiger partial charge in [-0.1, -0.05) is 20.8 Å². The molecule has 1 atom stereocenters. The number of aromatic nitrogens is 1. The van der Waals surface area contributed by atoms with Crippen molar-refractivity contribution in [1.29, 1.82) is 0 Å². The first-order valence-electron chi connectivity index (χ1n) is 5.29. The summed E-state index contributed by atoms with van der Waals surface area (Å²) in [6, 6.07) is 0.0476. The maximum atomic E-state index is 5.75. The molecule has 0 fully saturated rings. The Labute approximate surface area is 96.1 Å². The zero-order valence-electron chi connectivity index (χ0n) is 10.0. The van der Waals surface area contributed by atoms with E-state index in [1.807, 2.05) is 6.92 Å². The molecule has 1 aromatic rings. The first-order valence-corrected chi connectivity index (χ1v) is 6.17. The number of rotatable bonds is 4. The van der Waals surface area contributed by atoms with Gasteiger partial charge in [0.05, 0.1) is 11.7 Å². The molecular formula is C11H21N3S. The molecule has 0 radical (unpaired) electrons. The lowest BCUT2D eigenvalue weighted by Crippen LogP contribution is -2.26. The molecule has 0 aliphatic heterocycles. The van der Waals surface area contributed by atoms with E-state index in [1.165, 1.54) is 0 Å². The minimum Gasteiger partial charge on any atom is -0.322 e. The first-order chi connectivity index (χ1) is 6.88. The van der Waals surface area contributed by atoms with Crippen molar-refractivity contribution in [2.24, 2.45) is 11.1 Å². The summed E-state index contributed by atoms with van der Waals surface area (Å²) in [6.45, 7) is 10.4. The Bertz CT molecular complexity index is 299. The predicted molar refractivity (Wildman–Crippen MR) is 65.9 cm³/mol. The van der Waals surface area contributed by atoms with E-state index < -0.39 is 0 Å². The largest absolute Gasteiger partial charge is 0.322 e. The molecular weight excluding hydrogens is 206 g/mol. The Morgan fingerprint density at radius 3 is 2.67 bits per heavy atom. The van der Waals surface area contributed by atoms with Crippen LogP contribution in [0.3, 0.4) is 0 Å². The maximum absolute atomic E-state index is 5.75. The number of thiazole rings is 1. The highest BCUT2D eigenvalue weighted by atomic mass is 32.1. The quantitative estimate of drug-likeness (QED) is 0.830. The Balaban J connectivity index is 2.38. The van der Waals surface area contributed by atoms with E-state index in [-0.39, 0.29) is 6.04 Å². The molecule has 1 rings (SSSR count). The van der Waals surface area contributed by atoms with Crippen molar-refractivity contribution in [3.05, 3.63) is 16.1 Å². The second kappa shape index (κ2) is 5.05. The van der Waals surface area contributed by atoms with Crippen LogP contribution >= 0.6 is 11.3 Å². The molecule has 4 heteroatoms. The van der Waals surface area contributed by atoms with Gasteiger partial charge in [0.2, 0.25) is 0 Å². The van der Waals surface area contributed by atoms with Crippen molar-refractivity contribution in [2.75, 3.05) is 6.54 Å². The highest BCUT2D eigenvalue weighted by Gasteiger charge is 2.10. The van der Waals surface area contributed by atoms with E-state index in [2.05, 4.69) is 36.5 Å². The van der Waals surface area contributed by atoms with Gasteiger partial charge in [-0.2, -0.15) is 0 Å². The van der Waals surface area contributed by atoms with Crippen molar-refractivity contribution >= 4 is 11.3 Å². The summed E-state index contributed by atoms with van der Waals surface area (Å²) < 4.78 is 0. The Hall–Kier alpha value is -0.450. The molecule has 3 nitrogen and oxygen atoms in total. The lowest BCUT2D eigenvalue weighted by Gasteiger charge is -2.18. The van der Waals surface area contributed by atoms with Crippen LogP contribution in [0.4, 0.5) is 0 Å². The highest BCUT2D eigenvalue weighted by Crippen LogP contribution is 2.16. The van der Waals surface area contributed by atoms with Gasteiger partial charge in [0, 0.05) is 18.5 Å². The van der Waals surface area contributed by atoms with E-state index in [4.69, 9.17) is 5.73 Å². The molecule has 0 aliphatic carbocycles. The van der Waals surface area contributed by atoms with E-state index in [1.54, 1.807) is 11.3 Å². The van der Waals surface area contributed by atoms with Crippen LogP contribution in [0.5, 0.6) is 0 Å². The number of nitrogens with one attached hydrogen (secondary N) is 1. The highest BCUT2D eigenvalue weighted by molar-refractivity contribution is 7.09. The summed E-state index contributed by atoms with van der Waals surface area (Å²) in [5.41, 5.74) is 7.17. The zero-order chi connectivity index (χ0) is 11.5. The van der Waals surface area contributed by atoms with Crippen molar-refractivity contribution < 1.29 is 0 Å². The zero-order valence-corrected chi connectivity index (χ0v) is 10.8. The Morgan fingerprint density at radius 2 is 2.20 bits per heavy atom. The van der Waals surface area contributed by atoms with Gasteiger partial charge in [0.1, 0.15) is 5.01 Å². The molecule has 15 heavy (non-hydrogen) atoms. The third-order valence-corrected chi connectivity index (χ3v) is 3.01. The number of nitrogens with two attached hydrogens (primary N) is 1. The molecule has 1 unspecified atom stereocenters. The summed E-state index contributed by atoms with van der Waals surface area (Å²) in [6.07, 6.45) is 0. The molecule has 86 valence electrons. The number of nitrogens with zero attached hydrogens (tertiary/aromatic N) is 1. The second-order valence-electron chi connectivity index (χ2n) is 5.13. The van der Waals surface area contributed by atoms with Crippen LogP contribution in [-0.4, -0.2) is 11.5 Å². The van der Waals surface area contributed by atoms with Gasteiger partial charge in [-0.3, -0.25) is 0 Å². The molecule has 0 amide bonds. The Kier molecular flexibility index (Phi) is 4.25. The third-order valence-electron chi connectivity index (χ3n) is 1.92. The molecule has 1 aromatic heterocycles. The monoisotopic (exact) mass is 227 g/mol. The molecule has 0 aromatic carbocycles. The lowest BCUT2D eigenvalue weighted by molar-refractivity contribution is 0.378. The SMILES string of the molecule is CC(N)c1nc(CNCC(C)(C)C)cs1. The van der Waals surface area contributed by atoms with Crippen LogP contribution in [0.2, 0.25) is 0 Å². The normalized spacial score (nSPS) is 14.2. The van der Waals surface area contributed by atoms with Crippen molar-refractivity contribution in [3.63, 3.8) is 0 Å². The summed E-state index contributed by atoms with van der Waals surface area (Å²) >= 11 is 1.64. The predicted octanol–water partition coefficient (Wildman–Crippen LogP) is 2.30. The number of hydrogen-bond donors (Lipinski definition) is 2. The van der Waals surface area contributed by atoms with Gasteiger partial charge in [0.25, 0.3) is 0 Å². The molecule has 0 aliphatic rings. The lowest BCUT2D eigenvalue weighted by atomic mass is 9.97. The van der Waals surface area contributed by atoms with Gasteiger partial charge in [-0.25, -0.2) is 4.98 Å². The fourth-order valence-corrected chi connectivity index (χ4v) is 1.96. The van der Waals surface area contributed by atoms with Crippen LogP contribution in [0, 0.1) is 5.41 Å². The number of hydrogen-bond acceptors (Lipinski definition) is 4. The summed E-state index contributed by atoms with van der Waals surface area (Å²) in [4.78, 5) is 4.46.